The minimum absolute atomic E-state index is 0.128. The Balaban J connectivity index is 1.88. The monoisotopic (exact) mass is 400 g/mol. The highest BCUT2D eigenvalue weighted by molar-refractivity contribution is 5.35. The lowest BCUT2D eigenvalue weighted by molar-refractivity contribution is -0.183. The van der Waals surface area contributed by atoms with Crippen molar-refractivity contribution in [3.05, 3.63) is 23.8 Å². The Hall–Kier alpha value is -1.64. The molecule has 1 aromatic carbocycles. The maximum absolute atomic E-state index is 14.0. The van der Waals surface area contributed by atoms with Gasteiger partial charge >= 0.3 is 12.7 Å². The third-order valence-electron chi connectivity index (χ3n) is 4.66. The van der Waals surface area contributed by atoms with Crippen molar-refractivity contribution in [3.8, 4) is 11.5 Å². The second-order valence-electron chi connectivity index (χ2n) is 6.71. The first kappa shape index (κ1) is 21.7. The molecule has 1 aliphatic carbocycles. The molecule has 0 amide bonds. The number of methoxy groups -OCH3 is 1. The van der Waals surface area contributed by atoms with Crippen LogP contribution in [0.2, 0.25) is 0 Å². The Bertz CT molecular complexity index is 580. The summed E-state index contributed by atoms with van der Waals surface area (Å²) >= 11 is 0. The van der Waals surface area contributed by atoms with E-state index in [1.54, 1.807) is 7.11 Å². The van der Waals surface area contributed by atoms with Gasteiger partial charge in [-0.05, 0) is 31.1 Å². The first-order valence-corrected chi connectivity index (χ1v) is 8.70. The number of hydrogen-bond donors (Lipinski definition) is 0. The molecule has 0 unspecified atom stereocenters. The molecule has 0 bridgehead atoms. The van der Waals surface area contributed by atoms with Crippen LogP contribution in [0.25, 0.3) is 0 Å². The van der Waals surface area contributed by atoms with Gasteiger partial charge < -0.3 is 14.2 Å². The van der Waals surface area contributed by atoms with Crippen LogP contribution in [-0.4, -0.2) is 26.4 Å². The van der Waals surface area contributed by atoms with Gasteiger partial charge in [-0.1, -0.05) is 12.8 Å². The predicted octanol–water partition coefficient (Wildman–Crippen LogP) is 5.77. The van der Waals surface area contributed by atoms with E-state index in [2.05, 4.69) is 9.47 Å². The first-order chi connectivity index (χ1) is 12.7. The Morgan fingerprint density at radius 3 is 2.11 bits per heavy atom. The second kappa shape index (κ2) is 9.52. The predicted molar refractivity (Wildman–Crippen MR) is 85.1 cm³/mol. The van der Waals surface area contributed by atoms with E-state index in [1.165, 1.54) is 0 Å². The highest BCUT2D eigenvalue weighted by Gasteiger charge is 2.34. The minimum Gasteiger partial charge on any atom is -0.432 e. The van der Waals surface area contributed by atoms with Crippen LogP contribution < -0.4 is 9.47 Å². The molecule has 154 valence electrons. The first-order valence-electron chi connectivity index (χ1n) is 8.70. The van der Waals surface area contributed by atoms with Gasteiger partial charge in [-0.25, -0.2) is 8.78 Å². The smallest absolute Gasteiger partial charge is 0.397 e. The highest BCUT2D eigenvalue weighted by Crippen LogP contribution is 2.36. The van der Waals surface area contributed by atoms with E-state index >= 15 is 0 Å². The summed E-state index contributed by atoms with van der Waals surface area (Å²) in [7, 11) is 1.63. The molecule has 1 aliphatic rings. The lowest BCUT2D eigenvalue weighted by atomic mass is 9.80. The molecular formula is C18H22F6O3. The second-order valence-corrected chi connectivity index (χ2v) is 6.71. The number of hydrogen-bond acceptors (Lipinski definition) is 3. The summed E-state index contributed by atoms with van der Waals surface area (Å²) in [5, 5.41) is 0. The molecule has 2 rings (SSSR count). The quantitative estimate of drug-likeness (QED) is 0.493. The molecule has 0 heterocycles. The zero-order valence-corrected chi connectivity index (χ0v) is 14.8. The highest BCUT2D eigenvalue weighted by atomic mass is 19.3. The minimum atomic E-state index is -3.63. The molecule has 1 fully saturated rings. The van der Waals surface area contributed by atoms with Gasteiger partial charge in [-0.3, -0.25) is 0 Å². The third-order valence-corrected chi connectivity index (χ3v) is 4.66. The van der Waals surface area contributed by atoms with Crippen molar-refractivity contribution in [2.24, 2.45) is 11.8 Å². The van der Waals surface area contributed by atoms with Gasteiger partial charge in [-0.15, -0.1) is 0 Å². The fourth-order valence-corrected chi connectivity index (χ4v) is 3.32. The van der Waals surface area contributed by atoms with Crippen LogP contribution in [0.4, 0.5) is 26.3 Å². The Morgan fingerprint density at radius 1 is 1.04 bits per heavy atom. The fraction of sp³-hybridized carbons (Fsp3) is 0.667. The molecule has 0 radical (unpaired) electrons. The Kier molecular flexibility index (Phi) is 7.64. The van der Waals surface area contributed by atoms with E-state index in [0.29, 0.717) is 24.7 Å². The van der Waals surface area contributed by atoms with Crippen LogP contribution in [0.3, 0.4) is 0 Å². The van der Waals surface area contributed by atoms with Gasteiger partial charge in [0.2, 0.25) is 0 Å². The van der Waals surface area contributed by atoms with E-state index in [1.807, 2.05) is 0 Å². The summed E-state index contributed by atoms with van der Waals surface area (Å²) in [5.41, 5.74) is 0. The van der Waals surface area contributed by atoms with Crippen molar-refractivity contribution in [2.45, 2.75) is 51.2 Å². The van der Waals surface area contributed by atoms with Gasteiger partial charge in [0.25, 0.3) is 0 Å². The number of rotatable bonds is 9. The average molecular weight is 400 g/mol. The molecular weight excluding hydrogens is 378 g/mol. The molecule has 9 heteroatoms. The van der Waals surface area contributed by atoms with Crippen LogP contribution in [0, 0.1) is 23.5 Å². The molecule has 0 aliphatic heterocycles. The van der Waals surface area contributed by atoms with E-state index in [9.17, 15) is 26.3 Å². The zero-order valence-electron chi connectivity index (χ0n) is 14.8. The summed E-state index contributed by atoms with van der Waals surface area (Å²) in [6.45, 7) is -2.78. The van der Waals surface area contributed by atoms with Crippen LogP contribution in [0.15, 0.2) is 12.1 Å². The van der Waals surface area contributed by atoms with E-state index in [4.69, 9.17) is 4.74 Å². The lowest BCUT2D eigenvalue weighted by Crippen LogP contribution is -2.27. The van der Waals surface area contributed by atoms with Gasteiger partial charge in [-0.2, -0.15) is 17.6 Å². The SMILES string of the molecule is COCC1CCC(CCC(F)(F)Oc2cc(F)c(OC(F)F)c(F)c2)CC1. The summed E-state index contributed by atoms with van der Waals surface area (Å²) in [4.78, 5) is 0. The molecule has 0 spiro atoms. The van der Waals surface area contributed by atoms with Crippen molar-refractivity contribution >= 4 is 0 Å². The molecule has 3 nitrogen and oxygen atoms in total. The Labute approximate surface area is 153 Å². The summed E-state index contributed by atoms with van der Waals surface area (Å²) in [5.74, 6) is -4.64. The maximum atomic E-state index is 14.0. The zero-order chi connectivity index (χ0) is 20.0. The van der Waals surface area contributed by atoms with Gasteiger partial charge in [0.1, 0.15) is 5.75 Å². The number of ether oxygens (including phenoxy) is 3. The molecule has 27 heavy (non-hydrogen) atoms. The van der Waals surface area contributed by atoms with Crippen molar-refractivity contribution in [2.75, 3.05) is 13.7 Å². The van der Waals surface area contributed by atoms with Crippen LogP contribution >= 0.6 is 0 Å². The fourth-order valence-electron chi connectivity index (χ4n) is 3.32. The van der Waals surface area contributed by atoms with Crippen LogP contribution in [-0.2, 0) is 4.74 Å². The lowest BCUT2D eigenvalue weighted by Gasteiger charge is -2.29. The maximum Gasteiger partial charge on any atom is 0.397 e. The van der Waals surface area contributed by atoms with Gasteiger partial charge in [0, 0.05) is 25.8 Å². The normalized spacial score (nSPS) is 20.7. The van der Waals surface area contributed by atoms with Crippen molar-refractivity contribution in [3.63, 3.8) is 0 Å². The van der Waals surface area contributed by atoms with Gasteiger partial charge in [0.05, 0.1) is 6.42 Å². The topological polar surface area (TPSA) is 27.7 Å². The largest absolute Gasteiger partial charge is 0.432 e. The van der Waals surface area contributed by atoms with Crippen molar-refractivity contribution in [1.82, 2.24) is 0 Å². The van der Waals surface area contributed by atoms with Crippen molar-refractivity contribution in [1.29, 1.82) is 0 Å². The Morgan fingerprint density at radius 2 is 1.59 bits per heavy atom. The van der Waals surface area contributed by atoms with Crippen molar-refractivity contribution < 1.29 is 40.6 Å². The molecule has 0 N–H and O–H groups in total. The summed E-state index contributed by atoms with van der Waals surface area (Å²) in [6.07, 6.45) is -0.581. The molecule has 1 aromatic rings. The average Bonchev–Trinajstić information content (AvgIpc) is 2.57. The third kappa shape index (κ3) is 6.79. The van der Waals surface area contributed by atoms with Crippen LogP contribution in [0.1, 0.15) is 38.5 Å². The number of benzene rings is 1. The molecule has 1 saturated carbocycles. The number of alkyl halides is 4. The standard InChI is InChI=1S/C18H22F6O3/c1-25-10-12-4-2-11(3-5-12)6-7-18(23,24)27-13-8-14(19)16(15(20)9-13)26-17(21)22/h8-9,11-12,17H,2-7,10H2,1H3. The summed E-state index contributed by atoms with van der Waals surface area (Å²) < 4.78 is 92.5. The molecule has 0 aromatic heterocycles. The number of halogens is 6. The van der Waals surface area contributed by atoms with E-state index in [0.717, 1.165) is 25.7 Å². The van der Waals surface area contributed by atoms with E-state index < -0.39 is 42.3 Å². The van der Waals surface area contributed by atoms with E-state index in [-0.39, 0.29) is 12.3 Å². The molecule has 0 saturated heterocycles. The van der Waals surface area contributed by atoms with Crippen LogP contribution in [0.5, 0.6) is 11.5 Å². The van der Waals surface area contributed by atoms with Gasteiger partial charge in [0.15, 0.2) is 17.4 Å². The summed E-state index contributed by atoms with van der Waals surface area (Å²) in [6, 6.07) is 0.787. The molecule has 0 atom stereocenters.